The highest BCUT2D eigenvalue weighted by Gasteiger charge is 2.04. The number of allylic oxidation sites excluding steroid dienone is 2. The number of hydrogen-bond donors (Lipinski definition) is 0. The first-order valence-corrected chi connectivity index (χ1v) is 11.2. The molecule has 0 radical (unpaired) electrons. The maximum atomic E-state index is 12.2. The molecule has 2 aromatic carbocycles. The lowest BCUT2D eigenvalue weighted by molar-refractivity contribution is -0.121. The number of rotatable bonds is 10. The van der Waals surface area contributed by atoms with Gasteiger partial charge in [-0.15, -0.1) is 0 Å². The van der Waals surface area contributed by atoms with E-state index in [0.717, 1.165) is 39.9 Å². The molecule has 0 saturated heterocycles. The van der Waals surface area contributed by atoms with E-state index in [9.17, 15) is 9.59 Å². The molecule has 170 valence electrons. The van der Waals surface area contributed by atoms with E-state index in [2.05, 4.69) is 4.98 Å². The van der Waals surface area contributed by atoms with E-state index in [1.54, 1.807) is 18.3 Å². The number of nitrogens with zero attached hydrogens (tertiary/aromatic N) is 2. The number of aryl methyl sites for hydroxylation is 1. The third-order valence-corrected chi connectivity index (χ3v) is 5.42. The van der Waals surface area contributed by atoms with E-state index in [1.807, 2.05) is 84.5 Å². The topological polar surface area (TPSA) is 61.2 Å². The number of ketones is 2. The molecule has 0 aliphatic rings. The molecular formula is C29H26N2O3. The minimum atomic E-state index is -0.233. The Morgan fingerprint density at radius 2 is 1.65 bits per heavy atom. The Morgan fingerprint density at radius 3 is 2.38 bits per heavy atom. The summed E-state index contributed by atoms with van der Waals surface area (Å²) in [5.41, 5.74) is 3.87. The van der Waals surface area contributed by atoms with Crippen molar-refractivity contribution in [1.82, 2.24) is 9.55 Å². The maximum absolute atomic E-state index is 12.2. The fourth-order valence-electron chi connectivity index (χ4n) is 3.55. The molecule has 0 unspecified atom stereocenters. The third-order valence-electron chi connectivity index (χ3n) is 5.42. The Balaban J connectivity index is 1.24. The van der Waals surface area contributed by atoms with Crippen LogP contribution in [-0.2, 0) is 23.1 Å². The summed E-state index contributed by atoms with van der Waals surface area (Å²) < 4.78 is 7.78. The van der Waals surface area contributed by atoms with Crippen LogP contribution in [0.1, 0.15) is 23.2 Å². The summed E-state index contributed by atoms with van der Waals surface area (Å²) in [6.07, 6.45) is 10.7. The molecule has 5 nitrogen and oxygen atoms in total. The molecule has 34 heavy (non-hydrogen) atoms. The Bertz CT molecular complexity index is 1330. The van der Waals surface area contributed by atoms with Gasteiger partial charge in [-0.2, -0.15) is 0 Å². The first kappa shape index (κ1) is 22.9. The van der Waals surface area contributed by atoms with E-state index in [1.165, 1.54) is 12.2 Å². The molecule has 4 rings (SSSR count). The minimum absolute atomic E-state index is 0.159. The first-order chi connectivity index (χ1) is 16.6. The van der Waals surface area contributed by atoms with E-state index in [4.69, 9.17) is 4.74 Å². The lowest BCUT2D eigenvalue weighted by Crippen LogP contribution is -2.02. The van der Waals surface area contributed by atoms with Gasteiger partial charge in [0.25, 0.3) is 0 Å². The lowest BCUT2D eigenvalue weighted by atomic mass is 10.1. The number of pyridine rings is 1. The largest absolute Gasteiger partial charge is 0.493 e. The molecule has 2 heterocycles. The summed E-state index contributed by atoms with van der Waals surface area (Å²) in [7, 11) is 1.98. The van der Waals surface area contributed by atoms with Crippen molar-refractivity contribution in [3.63, 3.8) is 0 Å². The number of aromatic nitrogens is 2. The van der Waals surface area contributed by atoms with Crippen LogP contribution in [0.3, 0.4) is 0 Å². The summed E-state index contributed by atoms with van der Waals surface area (Å²) in [5.74, 6) is 0.301. The second kappa shape index (κ2) is 11.1. The standard InChI is InChI=1S/C29H26N2O3/c1-31-18-15-24-10-5-23(20-29(24)31)7-12-27(33)21-26(32)11-6-22-8-13-28(14-9-22)34-19-16-25-4-2-3-17-30-25/h2-15,17-18,20H,16,19,21H2,1H3/b11-6+,12-7+. The Morgan fingerprint density at radius 1 is 0.912 bits per heavy atom. The van der Waals surface area contributed by atoms with E-state index in [0.29, 0.717) is 6.61 Å². The molecule has 0 N–H and O–H groups in total. The molecule has 4 aromatic rings. The van der Waals surface area contributed by atoms with Crippen molar-refractivity contribution in [3.8, 4) is 5.75 Å². The van der Waals surface area contributed by atoms with Gasteiger partial charge in [0.1, 0.15) is 5.75 Å². The van der Waals surface area contributed by atoms with Crippen LogP contribution in [0.5, 0.6) is 5.75 Å². The molecule has 0 amide bonds. The quantitative estimate of drug-likeness (QED) is 0.238. The maximum Gasteiger partial charge on any atom is 0.163 e. The molecule has 0 saturated carbocycles. The third kappa shape index (κ3) is 6.39. The van der Waals surface area contributed by atoms with Gasteiger partial charge < -0.3 is 9.30 Å². The van der Waals surface area contributed by atoms with Gasteiger partial charge >= 0.3 is 0 Å². The van der Waals surface area contributed by atoms with Crippen molar-refractivity contribution in [2.45, 2.75) is 12.8 Å². The minimum Gasteiger partial charge on any atom is -0.493 e. The number of carbonyl (C=O) groups is 2. The smallest absolute Gasteiger partial charge is 0.163 e. The zero-order valence-corrected chi connectivity index (χ0v) is 19.1. The number of fused-ring (bicyclic) bond motifs is 1. The van der Waals surface area contributed by atoms with Gasteiger partial charge in [-0.05, 0) is 65.1 Å². The molecule has 0 aliphatic carbocycles. The second-order valence-electron chi connectivity index (χ2n) is 8.01. The van der Waals surface area contributed by atoms with Crippen molar-refractivity contribution in [3.05, 3.63) is 108 Å². The van der Waals surface area contributed by atoms with Crippen molar-refractivity contribution in [1.29, 1.82) is 0 Å². The van der Waals surface area contributed by atoms with E-state index < -0.39 is 0 Å². The molecule has 0 atom stereocenters. The van der Waals surface area contributed by atoms with Gasteiger partial charge in [-0.3, -0.25) is 14.6 Å². The van der Waals surface area contributed by atoms with Gasteiger partial charge in [0.2, 0.25) is 0 Å². The normalized spacial score (nSPS) is 11.4. The van der Waals surface area contributed by atoms with Crippen LogP contribution < -0.4 is 4.74 Å². The summed E-state index contributed by atoms with van der Waals surface area (Å²) in [5, 5.41) is 1.15. The van der Waals surface area contributed by atoms with Crippen LogP contribution in [0, 0.1) is 0 Å². The average molecular weight is 451 g/mol. The molecule has 0 aliphatic heterocycles. The number of carbonyl (C=O) groups excluding carboxylic acids is 2. The van der Waals surface area contributed by atoms with Crippen LogP contribution in [0.4, 0.5) is 0 Å². The van der Waals surface area contributed by atoms with Gasteiger partial charge in [-0.1, -0.05) is 42.5 Å². The van der Waals surface area contributed by atoms with Crippen LogP contribution >= 0.6 is 0 Å². The highest BCUT2D eigenvalue weighted by Crippen LogP contribution is 2.18. The van der Waals surface area contributed by atoms with E-state index in [-0.39, 0.29) is 18.0 Å². The predicted octanol–water partition coefficient (Wildman–Crippen LogP) is 5.45. The Hall–Kier alpha value is -4.25. The van der Waals surface area contributed by atoms with Crippen LogP contribution in [0.2, 0.25) is 0 Å². The fourth-order valence-corrected chi connectivity index (χ4v) is 3.55. The first-order valence-electron chi connectivity index (χ1n) is 11.2. The average Bonchev–Trinajstić information content (AvgIpc) is 3.23. The lowest BCUT2D eigenvalue weighted by Gasteiger charge is -2.06. The summed E-state index contributed by atoms with van der Waals surface area (Å²) in [6, 6.07) is 21.3. The van der Waals surface area contributed by atoms with Crippen LogP contribution in [0.15, 0.2) is 91.3 Å². The summed E-state index contributed by atoms with van der Waals surface area (Å²) in [6.45, 7) is 0.541. The molecule has 2 aromatic heterocycles. The fraction of sp³-hybridized carbons (Fsp3) is 0.138. The summed E-state index contributed by atoms with van der Waals surface area (Å²) >= 11 is 0. The molecule has 0 bridgehead atoms. The van der Waals surface area contributed by atoms with Crippen LogP contribution in [0.25, 0.3) is 23.1 Å². The van der Waals surface area contributed by atoms with Crippen LogP contribution in [-0.4, -0.2) is 27.7 Å². The number of ether oxygens (including phenoxy) is 1. The number of hydrogen-bond acceptors (Lipinski definition) is 4. The highest BCUT2D eigenvalue weighted by atomic mass is 16.5. The predicted molar refractivity (Wildman–Crippen MR) is 135 cm³/mol. The van der Waals surface area contributed by atoms with Crippen molar-refractivity contribution in [2.75, 3.05) is 6.61 Å². The van der Waals surface area contributed by atoms with Crippen molar-refractivity contribution < 1.29 is 14.3 Å². The Kier molecular flexibility index (Phi) is 7.45. The summed E-state index contributed by atoms with van der Waals surface area (Å²) in [4.78, 5) is 28.7. The van der Waals surface area contributed by atoms with Crippen molar-refractivity contribution in [2.24, 2.45) is 7.05 Å². The van der Waals surface area contributed by atoms with Gasteiger partial charge in [0.05, 0.1) is 13.0 Å². The molecular weight excluding hydrogens is 424 g/mol. The highest BCUT2D eigenvalue weighted by molar-refractivity contribution is 6.11. The zero-order chi connectivity index (χ0) is 23.8. The van der Waals surface area contributed by atoms with Gasteiger partial charge in [-0.25, -0.2) is 0 Å². The SMILES string of the molecule is Cn1ccc2ccc(/C=C/C(=O)CC(=O)/C=C/c3ccc(OCCc4ccccn4)cc3)cc21. The van der Waals surface area contributed by atoms with E-state index >= 15 is 0 Å². The van der Waals surface area contributed by atoms with Gasteiger partial charge in [0.15, 0.2) is 11.6 Å². The molecule has 5 heteroatoms. The van der Waals surface area contributed by atoms with Gasteiger partial charge in [0, 0.05) is 37.1 Å². The van der Waals surface area contributed by atoms with Crippen molar-refractivity contribution >= 4 is 34.6 Å². The zero-order valence-electron chi connectivity index (χ0n) is 19.1. The molecule has 0 fully saturated rings. The molecule has 0 spiro atoms. The Labute approximate surface area is 199 Å². The monoisotopic (exact) mass is 450 g/mol. The second-order valence-corrected chi connectivity index (χ2v) is 8.01. The number of benzene rings is 2.